The fraction of sp³-hybridized carbons (Fsp3) is 0.650. The maximum absolute atomic E-state index is 10.8. The summed E-state index contributed by atoms with van der Waals surface area (Å²) in [5.41, 5.74) is 2.81. The maximum atomic E-state index is 10.8. The molecule has 1 aromatic carbocycles. The molecule has 1 atom stereocenters. The Balaban J connectivity index is 2.44. The molecule has 2 rings (SSSR count). The summed E-state index contributed by atoms with van der Waals surface area (Å²) in [6, 6.07) is 4.17. The first-order chi connectivity index (χ1) is 11.0. The average Bonchev–Trinajstić information content (AvgIpc) is 2.45. The summed E-state index contributed by atoms with van der Waals surface area (Å²) in [6.07, 6.45) is 4.86. The standard InChI is InChI=1S/C20H32N2O2/c1-19(2,3)15-11-14(18(23)16(12-15)20(4,5)6)13-22-17-9-7-8-10-24(17)21/h11-13,17H,7-10,21H2,1-6H3/p+1/t17-/m1/s1. The van der Waals surface area contributed by atoms with Gasteiger partial charge in [-0.25, -0.2) is 4.99 Å². The van der Waals surface area contributed by atoms with Gasteiger partial charge in [0.25, 0.3) is 6.23 Å². The number of phenolic OH excluding ortho intramolecular Hbond substituents is 1. The lowest BCUT2D eigenvalue weighted by Gasteiger charge is -2.27. The Hall–Kier alpha value is -1.39. The molecule has 0 bridgehead atoms. The van der Waals surface area contributed by atoms with Crippen molar-refractivity contribution in [2.45, 2.75) is 77.9 Å². The number of aromatic hydroxyl groups is 1. The molecule has 1 aliphatic rings. The molecule has 24 heavy (non-hydrogen) atoms. The first-order valence-electron chi connectivity index (χ1n) is 8.85. The minimum absolute atomic E-state index is 0.00970. The molecule has 0 aliphatic carbocycles. The Morgan fingerprint density at radius 3 is 2.33 bits per heavy atom. The van der Waals surface area contributed by atoms with E-state index in [-0.39, 0.29) is 17.1 Å². The molecular formula is C20H33N2O2+. The zero-order valence-corrected chi connectivity index (χ0v) is 16.0. The Morgan fingerprint density at radius 1 is 1.12 bits per heavy atom. The van der Waals surface area contributed by atoms with Crippen LogP contribution < -0.4 is 5.90 Å². The van der Waals surface area contributed by atoms with Crippen LogP contribution in [0.5, 0.6) is 5.75 Å². The van der Waals surface area contributed by atoms with Gasteiger partial charge in [0.05, 0.1) is 0 Å². The van der Waals surface area contributed by atoms with Crippen LogP contribution in [0.25, 0.3) is 0 Å². The first-order valence-corrected chi connectivity index (χ1v) is 8.85. The van der Waals surface area contributed by atoms with Crippen molar-refractivity contribution >= 4 is 6.21 Å². The van der Waals surface area contributed by atoms with Crippen LogP contribution in [0, 0.1) is 0 Å². The molecule has 1 aromatic rings. The second kappa shape index (κ2) is 6.85. The van der Waals surface area contributed by atoms with E-state index < -0.39 is 0 Å². The lowest BCUT2D eigenvalue weighted by atomic mass is 9.79. The largest absolute Gasteiger partial charge is 0.507 e. The molecule has 0 aromatic heterocycles. The fourth-order valence-electron chi connectivity index (χ4n) is 2.95. The third-order valence-electron chi connectivity index (χ3n) is 4.62. The predicted molar refractivity (Wildman–Crippen MR) is 101 cm³/mol. The highest BCUT2D eigenvalue weighted by Crippen LogP contribution is 2.37. The molecule has 1 heterocycles. The highest BCUT2D eigenvalue weighted by Gasteiger charge is 2.26. The molecule has 4 heteroatoms. The van der Waals surface area contributed by atoms with E-state index in [2.05, 4.69) is 57.1 Å². The topological polar surface area (TPSA) is 61.3 Å². The Bertz CT molecular complexity index is 609. The number of nitrogens with zero attached hydrogens (tertiary/aromatic N) is 1. The molecule has 0 unspecified atom stereocenters. The number of rotatable bonds is 2. The van der Waals surface area contributed by atoms with Crippen molar-refractivity contribution in [1.82, 2.24) is 0 Å². The van der Waals surface area contributed by atoms with Gasteiger partial charge < -0.3 is 9.57 Å². The zero-order valence-electron chi connectivity index (χ0n) is 16.0. The third-order valence-corrected chi connectivity index (χ3v) is 4.62. The SMILES string of the molecule is CC(C)(C)c1cc(/C=N/[C@H]2CCCC[O+]2N)c(O)c(C(C)(C)C)c1. The maximum Gasteiger partial charge on any atom is 0.274 e. The van der Waals surface area contributed by atoms with Gasteiger partial charge in [-0.1, -0.05) is 53.5 Å². The van der Waals surface area contributed by atoms with Crippen molar-refractivity contribution in [2.24, 2.45) is 10.9 Å². The van der Waals surface area contributed by atoms with E-state index in [1.807, 2.05) is 6.07 Å². The van der Waals surface area contributed by atoms with Crippen LogP contribution >= 0.6 is 0 Å². The van der Waals surface area contributed by atoms with Gasteiger partial charge in [0.1, 0.15) is 5.75 Å². The monoisotopic (exact) mass is 333 g/mol. The smallest absolute Gasteiger partial charge is 0.274 e. The van der Waals surface area contributed by atoms with Crippen LogP contribution in [-0.4, -0.2) is 24.2 Å². The van der Waals surface area contributed by atoms with Crippen molar-refractivity contribution in [1.29, 1.82) is 0 Å². The van der Waals surface area contributed by atoms with Crippen molar-refractivity contribution in [3.05, 3.63) is 28.8 Å². The van der Waals surface area contributed by atoms with E-state index in [1.165, 1.54) is 5.56 Å². The number of hydrogen-bond acceptors (Lipinski definition) is 3. The molecule has 1 saturated heterocycles. The van der Waals surface area contributed by atoms with Crippen LogP contribution in [0.3, 0.4) is 0 Å². The normalized spacial score (nSPS) is 20.7. The summed E-state index contributed by atoms with van der Waals surface area (Å²) in [5.74, 6) is 6.28. The molecular weight excluding hydrogens is 300 g/mol. The summed E-state index contributed by atoms with van der Waals surface area (Å²) < 4.78 is 2.63. The minimum Gasteiger partial charge on any atom is -0.507 e. The van der Waals surface area contributed by atoms with E-state index in [4.69, 9.17) is 5.90 Å². The molecule has 3 N–H and O–H groups in total. The van der Waals surface area contributed by atoms with E-state index in [1.54, 1.807) is 6.21 Å². The van der Waals surface area contributed by atoms with Crippen LogP contribution in [-0.2, 0) is 15.3 Å². The fourth-order valence-corrected chi connectivity index (χ4v) is 2.95. The van der Waals surface area contributed by atoms with Crippen molar-refractivity contribution in [2.75, 3.05) is 6.61 Å². The minimum atomic E-state index is -0.132. The number of nitrogens with two attached hydrogens (primary N) is 1. The molecule has 0 spiro atoms. The van der Waals surface area contributed by atoms with E-state index in [0.29, 0.717) is 5.75 Å². The Morgan fingerprint density at radius 2 is 1.79 bits per heavy atom. The van der Waals surface area contributed by atoms with Crippen molar-refractivity contribution < 1.29 is 9.57 Å². The van der Waals surface area contributed by atoms with E-state index in [0.717, 1.165) is 37.0 Å². The number of benzene rings is 1. The zero-order chi connectivity index (χ0) is 18.1. The van der Waals surface area contributed by atoms with Gasteiger partial charge in [0.15, 0.2) is 6.61 Å². The summed E-state index contributed by atoms with van der Waals surface area (Å²) in [6.45, 7) is 13.7. The van der Waals surface area contributed by atoms with Gasteiger partial charge in [-0.2, -0.15) is 0 Å². The predicted octanol–water partition coefficient (Wildman–Crippen LogP) is 4.34. The van der Waals surface area contributed by atoms with Gasteiger partial charge in [0.2, 0.25) is 0 Å². The summed E-state index contributed by atoms with van der Waals surface area (Å²) in [4.78, 5) is 4.62. The highest BCUT2D eigenvalue weighted by atomic mass is 16.8. The molecule has 0 radical (unpaired) electrons. The second-order valence-corrected chi connectivity index (χ2v) is 8.86. The molecule has 0 saturated carbocycles. The highest BCUT2D eigenvalue weighted by molar-refractivity contribution is 5.85. The van der Waals surface area contributed by atoms with Crippen LogP contribution in [0.2, 0.25) is 0 Å². The molecule has 1 aliphatic heterocycles. The van der Waals surface area contributed by atoms with Crippen molar-refractivity contribution in [3.63, 3.8) is 0 Å². The summed E-state index contributed by atoms with van der Waals surface area (Å²) in [5, 5.41) is 10.8. The van der Waals surface area contributed by atoms with Gasteiger partial charge >= 0.3 is 0 Å². The quantitative estimate of drug-likeness (QED) is 0.624. The van der Waals surface area contributed by atoms with Crippen molar-refractivity contribution in [3.8, 4) is 5.75 Å². The van der Waals surface area contributed by atoms with Crippen LogP contribution in [0.4, 0.5) is 0 Å². The van der Waals surface area contributed by atoms with Gasteiger partial charge in [0, 0.05) is 30.2 Å². The first kappa shape index (κ1) is 18.9. The number of aliphatic imine (C=N–C) groups is 1. The van der Waals surface area contributed by atoms with E-state index >= 15 is 0 Å². The van der Waals surface area contributed by atoms with Crippen LogP contribution in [0.15, 0.2) is 17.1 Å². The average molecular weight is 333 g/mol. The molecule has 4 nitrogen and oxygen atoms in total. The molecule has 0 amide bonds. The summed E-state index contributed by atoms with van der Waals surface area (Å²) in [7, 11) is 0. The van der Waals surface area contributed by atoms with Gasteiger partial charge in [-0.3, -0.25) is 0 Å². The second-order valence-electron chi connectivity index (χ2n) is 8.86. The van der Waals surface area contributed by atoms with Gasteiger partial charge in [-0.15, -0.1) is 0 Å². The Kier molecular flexibility index (Phi) is 5.41. The number of phenols is 1. The Labute approximate surface area is 146 Å². The molecule has 134 valence electrons. The van der Waals surface area contributed by atoms with Crippen LogP contribution in [0.1, 0.15) is 77.5 Å². The lowest BCUT2D eigenvalue weighted by Crippen LogP contribution is -2.35. The summed E-state index contributed by atoms with van der Waals surface area (Å²) >= 11 is 0. The van der Waals surface area contributed by atoms with Gasteiger partial charge in [-0.05, 0) is 28.9 Å². The van der Waals surface area contributed by atoms with E-state index in [9.17, 15) is 5.11 Å². The molecule has 1 fully saturated rings. The number of hydrogen-bond donors (Lipinski definition) is 2. The third kappa shape index (κ3) is 4.37. The lowest BCUT2D eigenvalue weighted by molar-refractivity contribution is -0.213.